The van der Waals surface area contributed by atoms with E-state index in [4.69, 9.17) is 19.3 Å². The third-order valence-electron chi connectivity index (χ3n) is 3.65. The highest BCUT2D eigenvalue weighted by Gasteiger charge is 2.18. The Bertz CT molecular complexity index is 772. The number of ether oxygens (including phenoxy) is 3. The van der Waals surface area contributed by atoms with E-state index in [9.17, 15) is 9.59 Å². The molecule has 8 nitrogen and oxygen atoms in total. The number of carbonyl (C=O) groups excluding carboxylic acids is 1. The van der Waals surface area contributed by atoms with Gasteiger partial charge in [-0.05, 0) is 30.3 Å². The highest BCUT2D eigenvalue weighted by atomic mass is 16.5. The van der Waals surface area contributed by atoms with Crippen LogP contribution in [0.15, 0.2) is 42.6 Å². The van der Waals surface area contributed by atoms with Crippen molar-refractivity contribution >= 4 is 17.6 Å². The maximum absolute atomic E-state index is 12.4. The number of rotatable bonds is 7. The van der Waals surface area contributed by atoms with Crippen molar-refractivity contribution in [3.05, 3.63) is 48.2 Å². The molecule has 0 spiro atoms. The second-order valence-electron chi connectivity index (χ2n) is 5.65. The maximum Gasteiger partial charge on any atom is 0.341 e. The predicted molar refractivity (Wildman–Crippen MR) is 91.6 cm³/mol. The van der Waals surface area contributed by atoms with Gasteiger partial charge in [-0.2, -0.15) is 0 Å². The van der Waals surface area contributed by atoms with E-state index < -0.39 is 12.6 Å². The lowest BCUT2D eigenvalue weighted by Gasteiger charge is -2.12. The number of nitrogens with one attached hydrogen (secondary N) is 1. The van der Waals surface area contributed by atoms with Crippen molar-refractivity contribution < 1.29 is 28.9 Å². The van der Waals surface area contributed by atoms with Gasteiger partial charge in [0.25, 0.3) is 5.91 Å². The number of aromatic nitrogens is 1. The molecule has 26 heavy (non-hydrogen) atoms. The van der Waals surface area contributed by atoms with E-state index in [1.807, 2.05) is 0 Å². The van der Waals surface area contributed by atoms with E-state index in [2.05, 4.69) is 10.3 Å². The van der Waals surface area contributed by atoms with Crippen molar-refractivity contribution in [1.29, 1.82) is 0 Å². The second kappa shape index (κ2) is 8.30. The van der Waals surface area contributed by atoms with Crippen molar-refractivity contribution in [2.45, 2.75) is 12.5 Å². The lowest BCUT2D eigenvalue weighted by atomic mass is 10.2. The molecular formula is C18H18N2O6. The Morgan fingerprint density at radius 2 is 2.08 bits per heavy atom. The van der Waals surface area contributed by atoms with E-state index in [1.54, 1.807) is 36.4 Å². The number of anilines is 1. The molecule has 0 saturated carbocycles. The number of carboxylic acids is 1. The van der Waals surface area contributed by atoms with Gasteiger partial charge in [-0.25, -0.2) is 9.78 Å². The minimum atomic E-state index is -1.05. The van der Waals surface area contributed by atoms with Crippen LogP contribution >= 0.6 is 0 Å². The summed E-state index contributed by atoms with van der Waals surface area (Å²) in [5.41, 5.74) is 0.973. The number of pyridine rings is 1. The van der Waals surface area contributed by atoms with Gasteiger partial charge >= 0.3 is 5.97 Å². The van der Waals surface area contributed by atoms with Crippen LogP contribution < -0.4 is 14.8 Å². The van der Waals surface area contributed by atoms with Crippen molar-refractivity contribution in [2.75, 3.05) is 25.1 Å². The van der Waals surface area contributed by atoms with Gasteiger partial charge in [0.15, 0.2) is 6.61 Å². The van der Waals surface area contributed by atoms with E-state index in [0.717, 1.165) is 6.42 Å². The van der Waals surface area contributed by atoms with Gasteiger partial charge in [0.1, 0.15) is 11.9 Å². The summed E-state index contributed by atoms with van der Waals surface area (Å²) in [6, 6.07) is 9.60. The molecule has 1 fully saturated rings. The Labute approximate surface area is 149 Å². The normalized spacial score (nSPS) is 16.1. The van der Waals surface area contributed by atoms with Gasteiger partial charge < -0.3 is 24.6 Å². The topological polar surface area (TPSA) is 107 Å². The lowest BCUT2D eigenvalue weighted by molar-refractivity contribution is -0.139. The number of carbonyl (C=O) groups is 2. The molecule has 2 heterocycles. The molecule has 0 radical (unpaired) electrons. The number of hydrogen-bond acceptors (Lipinski definition) is 6. The fourth-order valence-electron chi connectivity index (χ4n) is 2.37. The molecule has 3 rings (SSSR count). The van der Waals surface area contributed by atoms with Crippen molar-refractivity contribution in [2.24, 2.45) is 0 Å². The minimum absolute atomic E-state index is 0.0424. The molecule has 136 valence electrons. The average molecular weight is 358 g/mol. The highest BCUT2D eigenvalue weighted by molar-refractivity contribution is 6.04. The average Bonchev–Trinajstić information content (AvgIpc) is 3.14. The summed E-state index contributed by atoms with van der Waals surface area (Å²) < 4.78 is 16.0. The second-order valence-corrected chi connectivity index (χ2v) is 5.65. The third kappa shape index (κ3) is 4.93. The summed E-state index contributed by atoms with van der Waals surface area (Å²) in [5.74, 6) is -0.573. The van der Waals surface area contributed by atoms with Crippen molar-refractivity contribution in [3.63, 3.8) is 0 Å². The number of benzene rings is 1. The van der Waals surface area contributed by atoms with Crippen LogP contribution in [0.3, 0.4) is 0 Å². The van der Waals surface area contributed by atoms with Gasteiger partial charge in [-0.3, -0.25) is 4.79 Å². The first-order chi connectivity index (χ1) is 12.6. The van der Waals surface area contributed by atoms with Crippen molar-refractivity contribution in [1.82, 2.24) is 4.98 Å². The summed E-state index contributed by atoms with van der Waals surface area (Å²) >= 11 is 0. The Hall–Kier alpha value is -3.13. The first-order valence-corrected chi connectivity index (χ1v) is 8.06. The van der Waals surface area contributed by atoms with Crippen LogP contribution in [-0.2, 0) is 9.53 Å². The number of carboxylic acid groups (broad SMARTS) is 1. The van der Waals surface area contributed by atoms with Crippen LogP contribution in [-0.4, -0.2) is 47.9 Å². The molecule has 1 aromatic heterocycles. The third-order valence-corrected chi connectivity index (χ3v) is 3.65. The fraction of sp³-hybridized carbons (Fsp3) is 0.278. The van der Waals surface area contributed by atoms with Crippen LogP contribution in [0.5, 0.6) is 11.6 Å². The molecule has 2 N–H and O–H groups in total. The highest BCUT2D eigenvalue weighted by Crippen LogP contribution is 2.19. The number of aliphatic carboxylic acids is 1. The zero-order valence-corrected chi connectivity index (χ0v) is 13.9. The Morgan fingerprint density at radius 1 is 1.27 bits per heavy atom. The minimum Gasteiger partial charge on any atom is -0.482 e. The Balaban J connectivity index is 1.59. The molecule has 1 aliphatic rings. The van der Waals surface area contributed by atoms with Gasteiger partial charge in [-0.15, -0.1) is 0 Å². The molecule has 1 aliphatic heterocycles. The van der Waals surface area contributed by atoms with Crippen LogP contribution in [0.4, 0.5) is 5.69 Å². The van der Waals surface area contributed by atoms with Gasteiger partial charge in [0, 0.05) is 29.9 Å². The monoisotopic (exact) mass is 358 g/mol. The van der Waals surface area contributed by atoms with E-state index in [-0.39, 0.29) is 12.0 Å². The van der Waals surface area contributed by atoms with Crippen LogP contribution in [0.2, 0.25) is 0 Å². The van der Waals surface area contributed by atoms with Crippen LogP contribution in [0.1, 0.15) is 16.8 Å². The quantitative estimate of drug-likeness (QED) is 0.779. The number of amides is 1. The first kappa shape index (κ1) is 17.7. The molecule has 0 aliphatic carbocycles. The zero-order valence-electron chi connectivity index (χ0n) is 13.9. The summed E-state index contributed by atoms with van der Waals surface area (Å²) in [4.78, 5) is 27.0. The molecular weight excluding hydrogens is 340 g/mol. The SMILES string of the molecule is O=C(O)COc1ccc(NC(=O)c2ccnc(OC3CCOC3)c2)cc1. The van der Waals surface area contributed by atoms with Gasteiger partial charge in [0.05, 0.1) is 13.2 Å². The lowest BCUT2D eigenvalue weighted by Crippen LogP contribution is -2.17. The predicted octanol–water partition coefficient (Wildman–Crippen LogP) is 1.97. The van der Waals surface area contributed by atoms with Gasteiger partial charge in [-0.1, -0.05) is 0 Å². The van der Waals surface area contributed by atoms with E-state index in [0.29, 0.717) is 36.1 Å². The van der Waals surface area contributed by atoms with Crippen molar-refractivity contribution in [3.8, 4) is 11.6 Å². The Kier molecular flexibility index (Phi) is 5.65. The summed E-state index contributed by atoms with van der Waals surface area (Å²) in [6.45, 7) is 0.767. The Morgan fingerprint density at radius 3 is 2.77 bits per heavy atom. The standard InChI is InChI=1S/C18H18N2O6/c21-17(22)11-25-14-3-1-13(2-4-14)20-18(23)12-5-7-19-16(9-12)26-15-6-8-24-10-15/h1-5,7,9,15H,6,8,10-11H2,(H,20,23)(H,21,22). The smallest absolute Gasteiger partial charge is 0.341 e. The van der Waals surface area contributed by atoms with Gasteiger partial charge in [0.2, 0.25) is 5.88 Å². The molecule has 1 saturated heterocycles. The zero-order chi connectivity index (χ0) is 18.4. The number of nitrogens with zero attached hydrogens (tertiary/aromatic N) is 1. The first-order valence-electron chi connectivity index (χ1n) is 8.06. The van der Waals surface area contributed by atoms with Crippen LogP contribution in [0.25, 0.3) is 0 Å². The molecule has 2 aromatic rings. The molecule has 1 unspecified atom stereocenters. The maximum atomic E-state index is 12.4. The van der Waals surface area contributed by atoms with E-state index in [1.165, 1.54) is 6.20 Å². The number of hydrogen-bond donors (Lipinski definition) is 2. The molecule has 1 atom stereocenters. The fourth-order valence-corrected chi connectivity index (χ4v) is 2.37. The largest absolute Gasteiger partial charge is 0.482 e. The molecule has 8 heteroatoms. The molecule has 1 amide bonds. The molecule has 0 bridgehead atoms. The molecule has 1 aromatic carbocycles. The van der Waals surface area contributed by atoms with E-state index >= 15 is 0 Å². The summed E-state index contributed by atoms with van der Waals surface area (Å²) in [7, 11) is 0. The van der Waals surface area contributed by atoms with Crippen LogP contribution in [0, 0.1) is 0 Å². The summed E-state index contributed by atoms with van der Waals surface area (Å²) in [6.07, 6.45) is 2.27. The summed E-state index contributed by atoms with van der Waals surface area (Å²) in [5, 5.41) is 11.3.